The van der Waals surface area contributed by atoms with Crippen LogP contribution >= 0.6 is 11.8 Å². The van der Waals surface area contributed by atoms with Gasteiger partial charge in [-0.2, -0.15) is 0 Å². The first-order valence-corrected chi connectivity index (χ1v) is 10.5. The summed E-state index contributed by atoms with van der Waals surface area (Å²) in [6.07, 6.45) is 2.12. The van der Waals surface area contributed by atoms with E-state index in [9.17, 15) is 4.79 Å². The quantitative estimate of drug-likeness (QED) is 0.688. The van der Waals surface area contributed by atoms with Crippen LogP contribution in [0.5, 0.6) is 5.75 Å². The molecule has 4 heteroatoms. The van der Waals surface area contributed by atoms with Crippen LogP contribution in [0.1, 0.15) is 42.5 Å². The number of aryl methyl sites for hydroxylation is 1. The Balaban J connectivity index is 1.55. The Morgan fingerprint density at radius 1 is 1.15 bits per heavy atom. The van der Waals surface area contributed by atoms with Gasteiger partial charge in [-0.25, -0.2) is 0 Å². The lowest BCUT2D eigenvalue weighted by Gasteiger charge is -2.25. The van der Waals surface area contributed by atoms with E-state index < -0.39 is 0 Å². The van der Waals surface area contributed by atoms with E-state index >= 15 is 0 Å². The fraction of sp³-hybridized carbons (Fsp3) is 0.409. The van der Waals surface area contributed by atoms with E-state index in [4.69, 9.17) is 4.74 Å². The molecule has 1 saturated heterocycles. The highest BCUT2D eigenvalue weighted by molar-refractivity contribution is 7.99. The summed E-state index contributed by atoms with van der Waals surface area (Å²) in [7, 11) is 0. The molecule has 0 spiro atoms. The van der Waals surface area contributed by atoms with Gasteiger partial charge < -0.3 is 9.64 Å². The van der Waals surface area contributed by atoms with E-state index in [2.05, 4.69) is 48.2 Å². The molecule has 1 heterocycles. The van der Waals surface area contributed by atoms with Crippen molar-refractivity contribution in [2.24, 2.45) is 0 Å². The molecular formula is C22H27NO2S. The fourth-order valence-corrected chi connectivity index (χ4v) is 4.26. The van der Waals surface area contributed by atoms with Gasteiger partial charge in [-0.3, -0.25) is 4.79 Å². The standard InChI is InChI=1S/C22H27NO2S/c1-3-25-20-12-10-19(11-13-20)21-5-4-14-23(21)22(24)16-26-15-18-8-6-17(2)7-9-18/h6-13,21H,3-5,14-16H2,1-2H3. The molecule has 2 aromatic rings. The second kappa shape index (κ2) is 9.13. The Morgan fingerprint density at radius 2 is 1.88 bits per heavy atom. The molecule has 2 aromatic carbocycles. The lowest BCUT2D eigenvalue weighted by atomic mass is 10.0. The Bertz CT molecular complexity index is 712. The van der Waals surface area contributed by atoms with Crippen molar-refractivity contribution in [1.29, 1.82) is 0 Å². The van der Waals surface area contributed by atoms with Crippen molar-refractivity contribution in [2.45, 2.75) is 38.5 Å². The SMILES string of the molecule is CCOc1ccc(C2CCCN2C(=O)CSCc2ccc(C)cc2)cc1. The largest absolute Gasteiger partial charge is 0.494 e. The maximum absolute atomic E-state index is 12.7. The number of nitrogens with zero attached hydrogens (tertiary/aromatic N) is 1. The summed E-state index contributed by atoms with van der Waals surface area (Å²) in [6, 6.07) is 17.0. The van der Waals surface area contributed by atoms with Crippen molar-refractivity contribution < 1.29 is 9.53 Å². The molecule has 0 bridgehead atoms. The number of hydrogen-bond donors (Lipinski definition) is 0. The molecule has 1 fully saturated rings. The molecule has 0 aromatic heterocycles. The van der Waals surface area contributed by atoms with Gasteiger partial charge in [-0.15, -0.1) is 11.8 Å². The van der Waals surface area contributed by atoms with E-state index in [1.165, 1.54) is 16.7 Å². The second-order valence-electron chi connectivity index (χ2n) is 6.73. The normalized spacial score (nSPS) is 16.7. The Morgan fingerprint density at radius 3 is 2.58 bits per heavy atom. The average Bonchev–Trinajstić information content (AvgIpc) is 3.14. The van der Waals surface area contributed by atoms with E-state index in [0.717, 1.165) is 30.9 Å². The molecular weight excluding hydrogens is 342 g/mol. The number of ether oxygens (including phenoxy) is 1. The van der Waals surface area contributed by atoms with Gasteiger partial charge in [0.05, 0.1) is 18.4 Å². The molecule has 1 atom stereocenters. The molecule has 1 amide bonds. The van der Waals surface area contributed by atoms with Gasteiger partial charge in [-0.1, -0.05) is 42.0 Å². The number of carbonyl (C=O) groups excluding carboxylic acids is 1. The molecule has 1 aliphatic rings. The molecule has 0 aliphatic carbocycles. The monoisotopic (exact) mass is 369 g/mol. The number of likely N-dealkylation sites (tertiary alicyclic amines) is 1. The van der Waals surface area contributed by atoms with Crippen LogP contribution in [0, 0.1) is 6.92 Å². The predicted molar refractivity (Wildman–Crippen MR) is 109 cm³/mol. The smallest absolute Gasteiger partial charge is 0.233 e. The van der Waals surface area contributed by atoms with Crippen molar-refractivity contribution in [3.63, 3.8) is 0 Å². The molecule has 3 nitrogen and oxygen atoms in total. The minimum atomic E-state index is 0.207. The fourth-order valence-electron chi connectivity index (χ4n) is 3.39. The highest BCUT2D eigenvalue weighted by Crippen LogP contribution is 2.33. The number of rotatable bonds is 7. The third-order valence-corrected chi connectivity index (χ3v) is 5.75. The lowest BCUT2D eigenvalue weighted by Crippen LogP contribution is -2.32. The van der Waals surface area contributed by atoms with Gasteiger partial charge in [0.25, 0.3) is 0 Å². The first-order chi connectivity index (χ1) is 12.7. The van der Waals surface area contributed by atoms with E-state index in [-0.39, 0.29) is 11.9 Å². The molecule has 3 rings (SSSR count). The van der Waals surface area contributed by atoms with Gasteiger partial charge >= 0.3 is 0 Å². The first kappa shape index (κ1) is 18.8. The third-order valence-electron chi connectivity index (χ3n) is 4.76. The Kier molecular flexibility index (Phi) is 6.62. The molecule has 1 aliphatic heterocycles. The molecule has 26 heavy (non-hydrogen) atoms. The van der Waals surface area contributed by atoms with Gasteiger partial charge in [0.15, 0.2) is 0 Å². The minimum Gasteiger partial charge on any atom is -0.494 e. The zero-order valence-corrected chi connectivity index (χ0v) is 16.4. The predicted octanol–water partition coefficient (Wildman–Crippen LogP) is 4.99. The molecule has 138 valence electrons. The summed E-state index contributed by atoms with van der Waals surface area (Å²) >= 11 is 1.70. The first-order valence-electron chi connectivity index (χ1n) is 9.33. The summed E-state index contributed by atoms with van der Waals surface area (Å²) in [6.45, 7) is 5.61. The van der Waals surface area contributed by atoms with Gasteiger partial charge in [-0.05, 0) is 49.9 Å². The second-order valence-corrected chi connectivity index (χ2v) is 7.71. The molecule has 1 unspecified atom stereocenters. The van der Waals surface area contributed by atoms with Crippen LogP contribution in [0.4, 0.5) is 0 Å². The Labute approximate surface area is 160 Å². The summed E-state index contributed by atoms with van der Waals surface area (Å²) < 4.78 is 5.52. The number of carbonyl (C=O) groups is 1. The minimum absolute atomic E-state index is 0.207. The zero-order chi connectivity index (χ0) is 18.4. The van der Waals surface area contributed by atoms with Crippen LogP contribution in [0.2, 0.25) is 0 Å². The van der Waals surface area contributed by atoms with Crippen LogP contribution in [0.3, 0.4) is 0 Å². The molecule has 0 radical (unpaired) electrons. The molecule has 0 N–H and O–H groups in total. The topological polar surface area (TPSA) is 29.5 Å². The summed E-state index contributed by atoms with van der Waals surface area (Å²) in [5, 5.41) is 0. The maximum atomic E-state index is 12.7. The van der Waals surface area contributed by atoms with Gasteiger partial charge in [0, 0.05) is 12.3 Å². The van der Waals surface area contributed by atoms with Crippen molar-refractivity contribution in [3.8, 4) is 5.75 Å². The number of benzene rings is 2. The van der Waals surface area contributed by atoms with Gasteiger partial charge in [0.1, 0.15) is 5.75 Å². The van der Waals surface area contributed by atoms with Crippen LogP contribution in [-0.4, -0.2) is 29.7 Å². The third kappa shape index (κ3) is 4.82. The van der Waals surface area contributed by atoms with Crippen molar-refractivity contribution in [3.05, 3.63) is 65.2 Å². The van der Waals surface area contributed by atoms with Crippen molar-refractivity contribution in [2.75, 3.05) is 18.9 Å². The highest BCUT2D eigenvalue weighted by atomic mass is 32.2. The summed E-state index contributed by atoms with van der Waals surface area (Å²) in [5.74, 6) is 2.56. The van der Waals surface area contributed by atoms with E-state index in [1.54, 1.807) is 11.8 Å². The lowest BCUT2D eigenvalue weighted by molar-refractivity contribution is -0.129. The molecule has 0 saturated carbocycles. The van der Waals surface area contributed by atoms with E-state index in [1.807, 2.05) is 19.1 Å². The van der Waals surface area contributed by atoms with Crippen LogP contribution in [-0.2, 0) is 10.5 Å². The number of thioether (sulfide) groups is 1. The zero-order valence-electron chi connectivity index (χ0n) is 15.6. The van der Waals surface area contributed by atoms with Gasteiger partial charge in [0.2, 0.25) is 5.91 Å². The average molecular weight is 370 g/mol. The van der Waals surface area contributed by atoms with Crippen LogP contribution in [0.25, 0.3) is 0 Å². The summed E-state index contributed by atoms with van der Waals surface area (Å²) in [5.41, 5.74) is 3.76. The van der Waals surface area contributed by atoms with Crippen LogP contribution < -0.4 is 4.74 Å². The number of amides is 1. The van der Waals surface area contributed by atoms with Crippen LogP contribution in [0.15, 0.2) is 48.5 Å². The highest BCUT2D eigenvalue weighted by Gasteiger charge is 2.29. The summed E-state index contributed by atoms with van der Waals surface area (Å²) in [4.78, 5) is 14.8. The van der Waals surface area contributed by atoms with Crippen molar-refractivity contribution in [1.82, 2.24) is 4.90 Å². The van der Waals surface area contributed by atoms with E-state index in [0.29, 0.717) is 12.4 Å². The maximum Gasteiger partial charge on any atom is 0.233 e. The Hall–Kier alpha value is -1.94. The number of hydrogen-bond acceptors (Lipinski definition) is 3. The van der Waals surface area contributed by atoms with Crippen molar-refractivity contribution >= 4 is 17.7 Å².